The Morgan fingerprint density at radius 1 is 0.325 bits per heavy atom. The Labute approximate surface area is 230 Å². The lowest BCUT2D eigenvalue weighted by atomic mass is 10.0. The largest absolute Gasteiger partial charge is 0.309 e. The average molecular weight is 509 g/mol. The quantitative estimate of drug-likeness (QED) is 0.220. The van der Waals surface area contributed by atoms with Gasteiger partial charge in [-0.15, -0.1) is 0 Å². The van der Waals surface area contributed by atoms with E-state index in [0.29, 0.717) is 0 Å². The van der Waals surface area contributed by atoms with Crippen LogP contribution in [-0.4, -0.2) is 9.13 Å². The van der Waals surface area contributed by atoms with Crippen LogP contribution in [0.4, 0.5) is 0 Å². The molecule has 0 amide bonds. The highest BCUT2D eigenvalue weighted by molar-refractivity contribution is 6.31. The van der Waals surface area contributed by atoms with Gasteiger partial charge in [0.05, 0.1) is 27.8 Å². The molecule has 0 aliphatic rings. The molecule has 7 aromatic carbocycles. The Kier molecular flexibility index (Phi) is 4.36. The third-order valence-corrected chi connectivity index (χ3v) is 8.48. The van der Waals surface area contributed by atoms with Crippen LogP contribution < -0.4 is 0 Å². The summed E-state index contributed by atoms with van der Waals surface area (Å²) in [5.74, 6) is 0. The van der Waals surface area contributed by atoms with Crippen molar-refractivity contribution in [1.82, 2.24) is 9.13 Å². The van der Waals surface area contributed by atoms with E-state index >= 15 is 0 Å². The molecule has 186 valence electrons. The zero-order valence-corrected chi connectivity index (χ0v) is 21.8. The molecule has 2 heterocycles. The predicted octanol–water partition coefficient (Wildman–Crippen LogP) is 10.2. The molecule has 0 aliphatic carbocycles. The van der Waals surface area contributed by atoms with Crippen molar-refractivity contribution in [3.63, 3.8) is 0 Å². The van der Waals surface area contributed by atoms with Gasteiger partial charge in [-0.1, -0.05) is 109 Å². The van der Waals surface area contributed by atoms with Crippen molar-refractivity contribution in [2.45, 2.75) is 0 Å². The van der Waals surface area contributed by atoms with E-state index in [0.717, 1.165) is 0 Å². The first-order valence-corrected chi connectivity index (χ1v) is 13.8. The zero-order chi connectivity index (χ0) is 26.2. The van der Waals surface area contributed by atoms with Gasteiger partial charge in [-0.05, 0) is 52.6 Å². The van der Waals surface area contributed by atoms with Gasteiger partial charge in [0.15, 0.2) is 0 Å². The molecule has 2 aromatic heterocycles. The van der Waals surface area contributed by atoms with Crippen LogP contribution in [0.25, 0.3) is 76.5 Å². The Bertz CT molecular complexity index is 2420. The third-order valence-electron chi connectivity index (χ3n) is 8.48. The second-order valence-corrected chi connectivity index (χ2v) is 10.6. The van der Waals surface area contributed by atoms with Gasteiger partial charge in [-0.3, -0.25) is 0 Å². The molecule has 0 aliphatic heterocycles. The molecule has 2 nitrogen and oxygen atoms in total. The standard InChI is InChI=1S/C38H24N2/c1-2-14-27(15-3-1)39-34-23-21-26-12-5-7-17-29(26)36(34)37-35(39)24-22-31-30-18-8-9-19-33(30)40(38(31)37)32-20-10-13-25-11-4-6-16-28(25)32/h1-24H. The van der Waals surface area contributed by atoms with Gasteiger partial charge in [0, 0.05) is 32.6 Å². The lowest BCUT2D eigenvalue weighted by Crippen LogP contribution is -1.96. The van der Waals surface area contributed by atoms with Crippen molar-refractivity contribution in [2.75, 3.05) is 0 Å². The molecule has 0 atom stereocenters. The fraction of sp³-hybridized carbons (Fsp3) is 0. The van der Waals surface area contributed by atoms with Crippen molar-refractivity contribution in [3.05, 3.63) is 146 Å². The SMILES string of the molecule is c1ccc(-n2c3ccc4ccccc4c3c3c2ccc2c4ccccc4n(-c4cccc5ccccc45)c23)cc1. The van der Waals surface area contributed by atoms with Crippen LogP contribution in [0.3, 0.4) is 0 Å². The monoisotopic (exact) mass is 508 g/mol. The molecule has 0 saturated heterocycles. The molecule has 9 aromatic rings. The number of nitrogens with zero attached hydrogens (tertiary/aromatic N) is 2. The van der Waals surface area contributed by atoms with E-state index in [1.165, 1.54) is 76.5 Å². The third kappa shape index (κ3) is 2.82. The minimum Gasteiger partial charge on any atom is -0.309 e. The highest BCUT2D eigenvalue weighted by atomic mass is 15.0. The van der Waals surface area contributed by atoms with E-state index in [1.54, 1.807) is 0 Å². The molecule has 9 rings (SSSR count). The van der Waals surface area contributed by atoms with Gasteiger partial charge in [-0.2, -0.15) is 0 Å². The van der Waals surface area contributed by atoms with Crippen LogP contribution >= 0.6 is 0 Å². The number of hydrogen-bond donors (Lipinski definition) is 0. The topological polar surface area (TPSA) is 9.86 Å². The summed E-state index contributed by atoms with van der Waals surface area (Å²) in [6.45, 7) is 0. The van der Waals surface area contributed by atoms with Crippen LogP contribution in [0.5, 0.6) is 0 Å². The molecule has 0 N–H and O–H groups in total. The molecule has 0 fully saturated rings. The second-order valence-electron chi connectivity index (χ2n) is 10.6. The number of aromatic nitrogens is 2. The summed E-state index contributed by atoms with van der Waals surface area (Å²) in [5.41, 5.74) is 7.30. The maximum absolute atomic E-state index is 2.51. The van der Waals surface area contributed by atoms with Crippen molar-refractivity contribution in [2.24, 2.45) is 0 Å². The summed E-state index contributed by atoms with van der Waals surface area (Å²) in [6, 6.07) is 52.9. The highest BCUT2D eigenvalue weighted by Gasteiger charge is 2.22. The summed E-state index contributed by atoms with van der Waals surface area (Å²) in [6.07, 6.45) is 0. The van der Waals surface area contributed by atoms with Crippen molar-refractivity contribution < 1.29 is 0 Å². The first-order valence-electron chi connectivity index (χ1n) is 13.8. The first-order chi connectivity index (χ1) is 19.9. The number of rotatable bonds is 2. The maximum Gasteiger partial charge on any atom is 0.0641 e. The lowest BCUT2D eigenvalue weighted by molar-refractivity contribution is 1.18. The molecular weight excluding hydrogens is 484 g/mol. The molecule has 0 spiro atoms. The van der Waals surface area contributed by atoms with Crippen molar-refractivity contribution in [1.29, 1.82) is 0 Å². The molecule has 0 radical (unpaired) electrons. The van der Waals surface area contributed by atoms with Crippen LogP contribution in [0.15, 0.2) is 146 Å². The Morgan fingerprint density at radius 3 is 1.80 bits per heavy atom. The number of hydrogen-bond acceptors (Lipinski definition) is 0. The Balaban J connectivity index is 1.60. The summed E-state index contributed by atoms with van der Waals surface area (Å²) < 4.78 is 4.94. The molecule has 2 heteroatoms. The van der Waals surface area contributed by atoms with E-state index in [1.807, 2.05) is 0 Å². The second kappa shape index (κ2) is 8.08. The van der Waals surface area contributed by atoms with E-state index in [-0.39, 0.29) is 0 Å². The van der Waals surface area contributed by atoms with Gasteiger partial charge < -0.3 is 9.13 Å². The van der Waals surface area contributed by atoms with Crippen LogP contribution in [-0.2, 0) is 0 Å². The minimum absolute atomic E-state index is 1.17. The summed E-state index contributed by atoms with van der Waals surface area (Å²) in [5, 5.41) is 10.2. The maximum atomic E-state index is 2.51. The van der Waals surface area contributed by atoms with E-state index in [2.05, 4.69) is 155 Å². The van der Waals surface area contributed by atoms with Crippen LogP contribution in [0.1, 0.15) is 0 Å². The molecular formula is C38H24N2. The number of para-hydroxylation sites is 2. The number of fused-ring (bicyclic) bond motifs is 10. The Morgan fingerprint density at radius 2 is 0.950 bits per heavy atom. The minimum atomic E-state index is 1.17. The fourth-order valence-electron chi connectivity index (χ4n) is 6.83. The lowest BCUT2D eigenvalue weighted by Gasteiger charge is -2.13. The molecule has 0 saturated carbocycles. The van der Waals surface area contributed by atoms with Gasteiger partial charge in [0.1, 0.15) is 0 Å². The van der Waals surface area contributed by atoms with E-state index in [4.69, 9.17) is 0 Å². The first kappa shape index (κ1) is 21.6. The predicted molar refractivity (Wildman–Crippen MR) is 170 cm³/mol. The number of benzene rings is 7. The van der Waals surface area contributed by atoms with Gasteiger partial charge >= 0.3 is 0 Å². The van der Waals surface area contributed by atoms with Gasteiger partial charge in [0.2, 0.25) is 0 Å². The smallest absolute Gasteiger partial charge is 0.0641 e. The Hall–Kier alpha value is -5.34. The van der Waals surface area contributed by atoms with E-state index < -0.39 is 0 Å². The summed E-state index contributed by atoms with van der Waals surface area (Å²) in [7, 11) is 0. The zero-order valence-electron chi connectivity index (χ0n) is 21.8. The molecule has 0 bridgehead atoms. The molecule has 0 unspecified atom stereocenters. The van der Waals surface area contributed by atoms with Crippen molar-refractivity contribution >= 4 is 65.2 Å². The summed E-state index contributed by atoms with van der Waals surface area (Å²) in [4.78, 5) is 0. The average Bonchev–Trinajstić information content (AvgIpc) is 3.54. The van der Waals surface area contributed by atoms with Crippen LogP contribution in [0, 0.1) is 0 Å². The normalized spacial score (nSPS) is 12.0. The molecule has 40 heavy (non-hydrogen) atoms. The summed E-state index contributed by atoms with van der Waals surface area (Å²) >= 11 is 0. The fourth-order valence-corrected chi connectivity index (χ4v) is 6.83. The van der Waals surface area contributed by atoms with Gasteiger partial charge in [0.25, 0.3) is 0 Å². The van der Waals surface area contributed by atoms with Gasteiger partial charge in [-0.25, -0.2) is 0 Å². The van der Waals surface area contributed by atoms with Crippen molar-refractivity contribution in [3.8, 4) is 11.4 Å². The van der Waals surface area contributed by atoms with Crippen LogP contribution in [0.2, 0.25) is 0 Å². The van der Waals surface area contributed by atoms with E-state index in [9.17, 15) is 0 Å². The highest BCUT2D eigenvalue weighted by Crippen LogP contribution is 2.44.